The van der Waals surface area contributed by atoms with Crippen LogP contribution in [0.5, 0.6) is 17.2 Å². The van der Waals surface area contributed by atoms with Crippen LogP contribution < -0.4 is 0 Å². The molecule has 12 unspecified atom stereocenters. The van der Waals surface area contributed by atoms with E-state index in [9.17, 15) is 35.1 Å². The quantitative estimate of drug-likeness (QED) is 0.207. The Kier molecular flexibility index (Phi) is 10.9. The molecule has 54 heavy (non-hydrogen) atoms. The minimum absolute atomic E-state index is 0.0233. The van der Waals surface area contributed by atoms with E-state index in [0.717, 1.165) is 0 Å². The van der Waals surface area contributed by atoms with Gasteiger partial charge in [0.05, 0.1) is 58.9 Å². The molecule has 0 amide bonds. The SMILES string of the molecule is CCC1(O)Cc2c(O)c3c(c(O)c2C(OC2CC(N(C)C)C(OC4CCC(OC5CCC(O)C(C)O5)C(C)O4)C(C)O2)C1)C(=O)c1c(O)cccc1C3=O. The van der Waals surface area contributed by atoms with E-state index in [1.54, 1.807) is 6.92 Å². The lowest BCUT2D eigenvalue weighted by Gasteiger charge is -2.47. The van der Waals surface area contributed by atoms with Crippen LogP contribution in [0.2, 0.25) is 0 Å². The zero-order chi connectivity index (χ0) is 38.8. The highest BCUT2D eigenvalue weighted by Gasteiger charge is 2.48. The predicted molar refractivity (Wildman–Crippen MR) is 191 cm³/mol. The zero-order valence-corrected chi connectivity index (χ0v) is 31.7. The third-order valence-corrected chi connectivity index (χ3v) is 12.0. The number of carbonyl (C=O) groups is 2. The van der Waals surface area contributed by atoms with E-state index in [1.165, 1.54) is 18.2 Å². The van der Waals surface area contributed by atoms with Gasteiger partial charge in [-0.3, -0.25) is 9.59 Å². The van der Waals surface area contributed by atoms with E-state index in [1.807, 2.05) is 39.8 Å². The number of phenolic OH excluding ortho intramolecular Hbond substituents is 3. The van der Waals surface area contributed by atoms with E-state index in [0.29, 0.717) is 32.1 Å². The number of benzene rings is 2. The van der Waals surface area contributed by atoms with Crippen molar-refractivity contribution in [2.24, 2.45) is 0 Å². The van der Waals surface area contributed by atoms with Crippen LogP contribution in [-0.2, 0) is 34.8 Å². The smallest absolute Gasteiger partial charge is 0.202 e. The van der Waals surface area contributed by atoms with Crippen LogP contribution in [0, 0.1) is 0 Å². The van der Waals surface area contributed by atoms with Crippen LogP contribution >= 0.6 is 0 Å². The van der Waals surface area contributed by atoms with Crippen LogP contribution in [0.15, 0.2) is 18.2 Å². The second-order valence-electron chi connectivity index (χ2n) is 15.9. The van der Waals surface area contributed by atoms with Crippen molar-refractivity contribution in [3.8, 4) is 17.2 Å². The maximum absolute atomic E-state index is 13.8. The molecule has 0 saturated carbocycles. The van der Waals surface area contributed by atoms with Gasteiger partial charge >= 0.3 is 0 Å². The van der Waals surface area contributed by atoms with Gasteiger partial charge in [-0.1, -0.05) is 19.1 Å². The van der Waals surface area contributed by atoms with Crippen LogP contribution in [0.4, 0.5) is 0 Å². The fourth-order valence-electron chi connectivity index (χ4n) is 8.83. The number of aliphatic hydroxyl groups excluding tert-OH is 1. The fourth-order valence-corrected chi connectivity index (χ4v) is 8.83. The summed E-state index contributed by atoms with van der Waals surface area (Å²) in [5, 5.41) is 55.6. The summed E-state index contributed by atoms with van der Waals surface area (Å²) in [4.78, 5) is 29.4. The molecule has 7 rings (SSSR count). The second-order valence-corrected chi connectivity index (χ2v) is 15.9. The lowest BCUT2D eigenvalue weighted by Crippen LogP contribution is -2.56. The van der Waals surface area contributed by atoms with Crippen LogP contribution in [-0.4, -0.2) is 123 Å². The first kappa shape index (κ1) is 39.1. The fraction of sp³-hybridized carbons (Fsp3) is 0.650. The molecule has 296 valence electrons. The van der Waals surface area contributed by atoms with Gasteiger partial charge in [-0.05, 0) is 60.2 Å². The Morgan fingerprint density at radius 3 is 2.17 bits per heavy atom. The van der Waals surface area contributed by atoms with Crippen molar-refractivity contribution in [3.63, 3.8) is 0 Å². The van der Waals surface area contributed by atoms with Crippen molar-refractivity contribution in [3.05, 3.63) is 51.6 Å². The summed E-state index contributed by atoms with van der Waals surface area (Å²) < 4.78 is 38.0. The molecule has 2 aromatic rings. The number of nitrogens with zero attached hydrogens (tertiary/aromatic N) is 1. The molecule has 2 aromatic carbocycles. The Hall–Kier alpha value is -3.18. The van der Waals surface area contributed by atoms with Gasteiger partial charge in [-0.15, -0.1) is 0 Å². The van der Waals surface area contributed by atoms with Crippen LogP contribution in [0.1, 0.15) is 122 Å². The molecule has 3 saturated heterocycles. The maximum Gasteiger partial charge on any atom is 0.202 e. The van der Waals surface area contributed by atoms with Crippen molar-refractivity contribution >= 4 is 11.6 Å². The van der Waals surface area contributed by atoms with Gasteiger partial charge in [0.25, 0.3) is 0 Å². The van der Waals surface area contributed by atoms with E-state index >= 15 is 0 Å². The topological polar surface area (TPSA) is 194 Å². The number of carbonyl (C=O) groups excluding carboxylic acids is 2. The molecule has 5 N–H and O–H groups in total. The van der Waals surface area contributed by atoms with Gasteiger partial charge in [-0.25, -0.2) is 0 Å². The number of hydrogen-bond acceptors (Lipinski definition) is 14. The van der Waals surface area contributed by atoms with Gasteiger partial charge in [0.2, 0.25) is 5.78 Å². The molecule has 14 heteroatoms. The number of ether oxygens (including phenoxy) is 6. The number of ketones is 2. The number of phenols is 3. The number of rotatable bonds is 8. The molecule has 0 spiro atoms. The van der Waals surface area contributed by atoms with Gasteiger partial charge < -0.3 is 58.9 Å². The van der Waals surface area contributed by atoms with Crippen molar-refractivity contribution in [1.82, 2.24) is 4.90 Å². The first-order chi connectivity index (χ1) is 25.6. The van der Waals surface area contributed by atoms with E-state index in [-0.39, 0.29) is 71.4 Å². The molecule has 0 radical (unpaired) electrons. The minimum Gasteiger partial charge on any atom is -0.507 e. The third kappa shape index (κ3) is 7.05. The molecule has 0 aromatic heterocycles. The summed E-state index contributed by atoms with van der Waals surface area (Å²) in [6.45, 7) is 7.47. The molecule has 5 aliphatic rings. The predicted octanol–water partition coefficient (Wildman–Crippen LogP) is 3.97. The monoisotopic (exact) mass is 755 g/mol. The summed E-state index contributed by atoms with van der Waals surface area (Å²) >= 11 is 0. The van der Waals surface area contributed by atoms with Crippen LogP contribution in [0.3, 0.4) is 0 Å². The molecule has 14 nitrogen and oxygen atoms in total. The number of hydrogen-bond donors (Lipinski definition) is 5. The Morgan fingerprint density at radius 2 is 1.48 bits per heavy atom. The normalized spacial score (nSPS) is 36.8. The largest absolute Gasteiger partial charge is 0.507 e. The summed E-state index contributed by atoms with van der Waals surface area (Å²) in [5.41, 5.74) is -2.24. The van der Waals surface area contributed by atoms with Gasteiger partial charge in [0.1, 0.15) is 23.4 Å². The Bertz CT molecular complexity index is 1770. The lowest BCUT2D eigenvalue weighted by molar-refractivity contribution is -0.314. The zero-order valence-electron chi connectivity index (χ0n) is 31.7. The second kappa shape index (κ2) is 15.1. The molecule has 2 aliphatic carbocycles. The minimum atomic E-state index is -1.36. The average Bonchev–Trinajstić information content (AvgIpc) is 3.12. The van der Waals surface area contributed by atoms with Crippen molar-refractivity contribution < 1.29 is 63.5 Å². The van der Waals surface area contributed by atoms with Crippen molar-refractivity contribution in [2.45, 2.75) is 152 Å². The van der Waals surface area contributed by atoms with E-state index in [4.69, 9.17) is 28.4 Å². The third-order valence-electron chi connectivity index (χ3n) is 12.0. The Morgan fingerprint density at radius 1 is 0.815 bits per heavy atom. The molecular formula is C40H53NO13. The summed E-state index contributed by atoms with van der Waals surface area (Å²) in [6, 6.07) is 3.89. The number of aromatic hydroxyl groups is 3. The molecular weight excluding hydrogens is 702 g/mol. The summed E-state index contributed by atoms with van der Waals surface area (Å²) in [6.07, 6.45) is -1.81. The van der Waals surface area contributed by atoms with Gasteiger partial charge in [0, 0.05) is 54.8 Å². The van der Waals surface area contributed by atoms with E-state index < -0.39 is 83.3 Å². The number of fused-ring (bicyclic) bond motifs is 3. The number of likely N-dealkylation sites (N-methyl/N-ethyl adjacent to an activating group) is 1. The molecule has 3 fully saturated rings. The van der Waals surface area contributed by atoms with Crippen LogP contribution in [0.25, 0.3) is 0 Å². The Balaban J connectivity index is 1.09. The van der Waals surface area contributed by atoms with E-state index in [2.05, 4.69) is 0 Å². The van der Waals surface area contributed by atoms with Crippen molar-refractivity contribution in [1.29, 1.82) is 0 Å². The summed E-state index contributed by atoms with van der Waals surface area (Å²) in [7, 11) is 3.87. The average molecular weight is 756 g/mol. The molecule has 12 atom stereocenters. The number of aliphatic hydroxyl groups is 2. The highest BCUT2D eigenvalue weighted by Crippen LogP contribution is 2.53. The maximum atomic E-state index is 13.8. The molecule has 0 bridgehead atoms. The molecule has 3 heterocycles. The lowest BCUT2D eigenvalue weighted by atomic mass is 9.72. The van der Waals surface area contributed by atoms with Gasteiger partial charge in [-0.2, -0.15) is 0 Å². The summed E-state index contributed by atoms with van der Waals surface area (Å²) in [5.74, 6) is -2.96. The first-order valence-corrected chi connectivity index (χ1v) is 19.1. The highest BCUT2D eigenvalue weighted by atomic mass is 16.7. The first-order valence-electron chi connectivity index (χ1n) is 19.1. The van der Waals surface area contributed by atoms with Gasteiger partial charge in [0.15, 0.2) is 24.7 Å². The van der Waals surface area contributed by atoms with Crippen molar-refractivity contribution in [2.75, 3.05) is 14.1 Å². The molecule has 3 aliphatic heterocycles. The Labute approximate surface area is 314 Å². The standard InChI is InChI=1S/C40H53NO13/c1-7-40(48)16-22-32(38(47)34-33(36(22)45)35(44)21-9-8-10-25(43)31(21)37(34)46)27(17-40)53-30-15-23(41(5)6)39(20(4)51-30)54-29-14-12-26(19(3)50-29)52-28-13-11-24(42)18(2)49-28/h8-10,18-20,23-24,26-30,39,42-43,45,47-48H,7,11-17H2,1-6H3. The highest BCUT2D eigenvalue weighted by molar-refractivity contribution is 6.31.